The lowest BCUT2D eigenvalue weighted by molar-refractivity contribution is -0.134. The minimum Gasteiger partial charge on any atom is -0.478 e. The Balaban J connectivity index is 0.000000208. The van der Waals surface area contributed by atoms with Gasteiger partial charge in [-0.15, -0.1) is 0 Å². The fourth-order valence-electron chi connectivity index (χ4n) is 5.29. The second-order valence-corrected chi connectivity index (χ2v) is 7.81. The molecule has 4 aliphatic rings. The van der Waals surface area contributed by atoms with Crippen LogP contribution < -0.4 is 9.47 Å². The molecule has 2 heterocycles. The molecule has 0 aromatic heterocycles. The minimum atomic E-state index is -1.26. The van der Waals surface area contributed by atoms with E-state index in [-0.39, 0.29) is 0 Å². The van der Waals surface area contributed by atoms with Crippen LogP contribution in [0.3, 0.4) is 0 Å². The summed E-state index contributed by atoms with van der Waals surface area (Å²) in [5, 5.41) is 15.6. The van der Waals surface area contributed by atoms with Crippen molar-refractivity contribution in [1.29, 1.82) is 0 Å². The first-order chi connectivity index (χ1) is 13.4. The first kappa shape index (κ1) is 18.6. The first-order valence-corrected chi connectivity index (χ1v) is 9.31. The molecule has 2 bridgehead atoms. The fraction of sp³-hybridized carbons (Fsp3) is 0.429. The Labute approximate surface area is 162 Å². The van der Waals surface area contributed by atoms with Gasteiger partial charge in [0.2, 0.25) is 6.79 Å². The number of allylic oxidation sites excluding steroid dienone is 2. The molecule has 0 spiro atoms. The molecule has 1 aromatic rings. The standard InChI is InChI=1S/C17H19NO2.C4H4O4/c1-18-8-14-11-2-3-12(6-11)17(14,9-18)13-4-5-15-16(7-13)20-10-19-15;5-3(6)1-2-4(7)8/h2-5,7,11-12,14H,6,8-10H2,1H3;1-2H,(H,5,6)(H,7,8). The van der Waals surface area contributed by atoms with Crippen molar-refractivity contribution >= 4 is 11.9 Å². The Hall–Kier alpha value is -2.80. The third-order valence-electron chi connectivity index (χ3n) is 6.28. The molecular formula is C21H23NO6. The van der Waals surface area contributed by atoms with Crippen LogP contribution in [0.5, 0.6) is 11.5 Å². The zero-order valence-corrected chi connectivity index (χ0v) is 15.6. The summed E-state index contributed by atoms with van der Waals surface area (Å²) in [7, 11) is 2.26. The first-order valence-electron chi connectivity index (χ1n) is 9.31. The van der Waals surface area contributed by atoms with Crippen LogP contribution in [0, 0.1) is 17.8 Å². The van der Waals surface area contributed by atoms with Gasteiger partial charge in [0.25, 0.3) is 0 Å². The molecule has 2 aliphatic heterocycles. The molecule has 1 saturated carbocycles. The maximum Gasteiger partial charge on any atom is 0.328 e. The van der Waals surface area contributed by atoms with Crippen molar-refractivity contribution in [3.63, 3.8) is 0 Å². The Morgan fingerprint density at radius 2 is 1.86 bits per heavy atom. The summed E-state index contributed by atoms with van der Waals surface area (Å²) in [5.74, 6) is 1.55. The van der Waals surface area contributed by atoms with Crippen molar-refractivity contribution in [2.24, 2.45) is 17.8 Å². The number of carboxylic acid groups (broad SMARTS) is 2. The molecule has 1 saturated heterocycles. The van der Waals surface area contributed by atoms with E-state index in [2.05, 4.69) is 42.3 Å². The minimum absolute atomic E-state index is 0.301. The highest BCUT2D eigenvalue weighted by atomic mass is 16.7. The Morgan fingerprint density at radius 1 is 1.14 bits per heavy atom. The number of benzene rings is 1. The summed E-state index contributed by atoms with van der Waals surface area (Å²) < 4.78 is 11.1. The van der Waals surface area contributed by atoms with E-state index < -0.39 is 11.9 Å². The summed E-state index contributed by atoms with van der Waals surface area (Å²) in [4.78, 5) is 21.6. The van der Waals surface area contributed by atoms with Crippen LogP contribution in [-0.2, 0) is 15.0 Å². The van der Waals surface area contributed by atoms with Gasteiger partial charge in [0.15, 0.2) is 11.5 Å². The molecule has 148 valence electrons. The summed E-state index contributed by atoms with van der Waals surface area (Å²) in [6.07, 6.45) is 7.38. The van der Waals surface area contributed by atoms with E-state index in [1.165, 1.54) is 25.1 Å². The number of nitrogens with zero attached hydrogens (tertiary/aromatic N) is 1. The molecule has 2 fully saturated rings. The molecule has 7 heteroatoms. The van der Waals surface area contributed by atoms with E-state index in [9.17, 15) is 9.59 Å². The smallest absolute Gasteiger partial charge is 0.328 e. The molecule has 2 aliphatic carbocycles. The van der Waals surface area contributed by atoms with Crippen LogP contribution in [0.1, 0.15) is 12.0 Å². The van der Waals surface area contributed by atoms with Crippen LogP contribution >= 0.6 is 0 Å². The Kier molecular flexibility index (Phi) is 4.63. The van der Waals surface area contributed by atoms with Gasteiger partial charge in [-0.3, -0.25) is 0 Å². The van der Waals surface area contributed by atoms with Gasteiger partial charge in [-0.1, -0.05) is 18.2 Å². The summed E-state index contributed by atoms with van der Waals surface area (Å²) in [5.41, 5.74) is 1.75. The van der Waals surface area contributed by atoms with Gasteiger partial charge in [-0.2, -0.15) is 0 Å². The van der Waals surface area contributed by atoms with E-state index in [1.807, 2.05) is 0 Å². The highest BCUT2D eigenvalue weighted by Crippen LogP contribution is 2.60. The number of likely N-dealkylation sites (tertiary alicyclic amines) is 1. The van der Waals surface area contributed by atoms with E-state index >= 15 is 0 Å². The lowest BCUT2D eigenvalue weighted by atomic mass is 9.66. The Morgan fingerprint density at radius 3 is 2.57 bits per heavy atom. The van der Waals surface area contributed by atoms with Crippen molar-refractivity contribution < 1.29 is 29.3 Å². The van der Waals surface area contributed by atoms with Crippen molar-refractivity contribution in [3.05, 3.63) is 48.1 Å². The van der Waals surface area contributed by atoms with E-state index in [0.29, 0.717) is 30.3 Å². The van der Waals surface area contributed by atoms with Gasteiger partial charge >= 0.3 is 11.9 Å². The van der Waals surface area contributed by atoms with Crippen LogP contribution in [0.15, 0.2) is 42.5 Å². The number of likely N-dealkylation sites (N-methyl/N-ethyl adjacent to an activating group) is 1. The lowest BCUT2D eigenvalue weighted by Gasteiger charge is -2.37. The molecule has 7 nitrogen and oxygen atoms in total. The summed E-state index contributed by atoms with van der Waals surface area (Å²) in [6.45, 7) is 2.75. The molecule has 4 unspecified atom stereocenters. The van der Waals surface area contributed by atoms with Crippen molar-refractivity contribution in [3.8, 4) is 11.5 Å². The van der Waals surface area contributed by atoms with Gasteiger partial charge in [0.05, 0.1) is 0 Å². The lowest BCUT2D eigenvalue weighted by Crippen LogP contribution is -2.39. The van der Waals surface area contributed by atoms with Crippen molar-refractivity contribution in [1.82, 2.24) is 4.90 Å². The SMILES string of the molecule is CN1CC2C3C=CC(C3)C2(c2ccc3c(c2)OCO3)C1.O=C(O)C=CC(=O)O. The molecule has 0 amide bonds. The van der Waals surface area contributed by atoms with Crippen LogP contribution in [0.4, 0.5) is 0 Å². The molecule has 28 heavy (non-hydrogen) atoms. The average Bonchev–Trinajstić information content (AvgIpc) is 3.40. The highest BCUT2D eigenvalue weighted by Gasteiger charge is 2.60. The third kappa shape index (κ3) is 3.05. The van der Waals surface area contributed by atoms with Crippen LogP contribution in [0.25, 0.3) is 0 Å². The van der Waals surface area contributed by atoms with E-state index in [4.69, 9.17) is 19.7 Å². The second-order valence-electron chi connectivity index (χ2n) is 7.81. The average molecular weight is 385 g/mol. The van der Waals surface area contributed by atoms with Gasteiger partial charge in [-0.05, 0) is 48.9 Å². The quantitative estimate of drug-likeness (QED) is 0.608. The number of ether oxygens (including phenoxy) is 2. The van der Waals surface area contributed by atoms with Gasteiger partial charge < -0.3 is 24.6 Å². The third-order valence-corrected chi connectivity index (χ3v) is 6.28. The van der Waals surface area contributed by atoms with Gasteiger partial charge in [-0.25, -0.2) is 9.59 Å². The number of carboxylic acids is 2. The maximum atomic E-state index is 9.55. The number of fused-ring (bicyclic) bond motifs is 6. The predicted octanol–water partition coefficient (Wildman–Crippen LogP) is 2.13. The zero-order valence-electron chi connectivity index (χ0n) is 15.6. The van der Waals surface area contributed by atoms with E-state index in [1.54, 1.807) is 0 Å². The van der Waals surface area contributed by atoms with Crippen LogP contribution in [0.2, 0.25) is 0 Å². The molecule has 4 atom stereocenters. The van der Waals surface area contributed by atoms with Gasteiger partial charge in [0.1, 0.15) is 0 Å². The topological polar surface area (TPSA) is 96.3 Å². The largest absolute Gasteiger partial charge is 0.478 e. The summed E-state index contributed by atoms with van der Waals surface area (Å²) in [6, 6.07) is 6.61. The zero-order chi connectivity index (χ0) is 19.9. The van der Waals surface area contributed by atoms with Crippen LogP contribution in [-0.4, -0.2) is 54.0 Å². The molecule has 5 rings (SSSR count). The maximum absolute atomic E-state index is 9.55. The monoisotopic (exact) mass is 385 g/mol. The molecule has 1 aromatic carbocycles. The van der Waals surface area contributed by atoms with Gasteiger partial charge in [0, 0.05) is 30.7 Å². The number of hydrogen-bond acceptors (Lipinski definition) is 5. The number of hydrogen-bond donors (Lipinski definition) is 2. The normalized spacial score (nSPS) is 31.7. The number of aliphatic carboxylic acids is 2. The molecule has 2 N–H and O–H groups in total. The number of rotatable bonds is 3. The second kappa shape index (κ2) is 6.98. The molecule has 0 radical (unpaired) electrons. The summed E-state index contributed by atoms with van der Waals surface area (Å²) >= 11 is 0. The highest BCUT2D eigenvalue weighted by molar-refractivity contribution is 5.89. The van der Waals surface area contributed by atoms with E-state index in [0.717, 1.165) is 23.3 Å². The predicted molar refractivity (Wildman–Crippen MR) is 100 cm³/mol. The fourth-order valence-corrected chi connectivity index (χ4v) is 5.29. The molecular weight excluding hydrogens is 362 g/mol. The number of carbonyl (C=O) groups is 2. The van der Waals surface area contributed by atoms with Crippen molar-refractivity contribution in [2.45, 2.75) is 11.8 Å². The Bertz CT molecular complexity index is 846. The van der Waals surface area contributed by atoms with Crippen molar-refractivity contribution in [2.75, 3.05) is 26.9 Å².